The minimum absolute atomic E-state index is 0.338. The third-order valence-electron chi connectivity index (χ3n) is 3.59. The fourth-order valence-corrected chi connectivity index (χ4v) is 2.34. The van der Waals surface area contributed by atoms with E-state index in [4.69, 9.17) is 0 Å². The van der Waals surface area contributed by atoms with E-state index in [2.05, 4.69) is 23.6 Å². The van der Waals surface area contributed by atoms with Gasteiger partial charge in [0.2, 0.25) is 5.91 Å². The van der Waals surface area contributed by atoms with Gasteiger partial charge >= 0.3 is 0 Å². The van der Waals surface area contributed by atoms with Gasteiger partial charge in [-0.1, -0.05) is 33.1 Å². The third-order valence-corrected chi connectivity index (χ3v) is 3.59. The number of carbonyl (C=O) groups is 1. The Balaban J connectivity index is 2.34. The lowest BCUT2D eigenvalue weighted by Gasteiger charge is -2.25. The van der Waals surface area contributed by atoms with Gasteiger partial charge in [-0.2, -0.15) is 0 Å². The number of amides is 1. The Morgan fingerprint density at radius 1 is 1.12 bits per heavy atom. The van der Waals surface area contributed by atoms with Crippen molar-refractivity contribution in [2.75, 3.05) is 32.7 Å². The quantitative estimate of drug-likeness (QED) is 0.712. The topological polar surface area (TPSA) is 23.6 Å². The van der Waals surface area contributed by atoms with Crippen LogP contribution in [0.4, 0.5) is 0 Å². The maximum absolute atomic E-state index is 12.2. The van der Waals surface area contributed by atoms with Gasteiger partial charge in [0.1, 0.15) is 0 Å². The zero-order valence-electron chi connectivity index (χ0n) is 11.6. The van der Waals surface area contributed by atoms with Crippen LogP contribution in [0, 0.1) is 0 Å². The second kappa shape index (κ2) is 8.51. The Bertz CT molecular complexity index is 210. The van der Waals surface area contributed by atoms with Gasteiger partial charge in [-0.15, -0.1) is 0 Å². The smallest absolute Gasteiger partial charge is 0.236 e. The van der Waals surface area contributed by atoms with Gasteiger partial charge in [0.15, 0.2) is 0 Å². The van der Waals surface area contributed by atoms with Crippen LogP contribution in [0.25, 0.3) is 0 Å². The summed E-state index contributed by atoms with van der Waals surface area (Å²) in [5, 5.41) is 0. The summed E-state index contributed by atoms with van der Waals surface area (Å²) in [6.45, 7) is 8.97. The van der Waals surface area contributed by atoms with Crippen LogP contribution in [0.3, 0.4) is 0 Å². The first-order valence-electron chi connectivity index (χ1n) is 7.28. The molecular weight excluding hydrogens is 212 g/mol. The number of likely N-dealkylation sites (N-methyl/N-ethyl adjacent to an activating group) is 1. The van der Waals surface area contributed by atoms with E-state index in [0.717, 1.165) is 26.2 Å². The number of hydrogen-bond donors (Lipinski definition) is 0. The van der Waals surface area contributed by atoms with Gasteiger partial charge in [-0.25, -0.2) is 0 Å². The molecule has 1 amide bonds. The Morgan fingerprint density at radius 3 is 2.29 bits per heavy atom. The molecule has 1 fully saturated rings. The van der Waals surface area contributed by atoms with Crippen molar-refractivity contribution in [2.45, 2.75) is 52.4 Å². The predicted octanol–water partition coefficient (Wildman–Crippen LogP) is 2.51. The molecule has 0 aromatic carbocycles. The van der Waals surface area contributed by atoms with Gasteiger partial charge in [0, 0.05) is 13.1 Å². The van der Waals surface area contributed by atoms with Gasteiger partial charge in [-0.3, -0.25) is 9.69 Å². The van der Waals surface area contributed by atoms with Crippen molar-refractivity contribution in [1.29, 1.82) is 0 Å². The van der Waals surface area contributed by atoms with E-state index in [1.807, 2.05) is 0 Å². The van der Waals surface area contributed by atoms with Crippen molar-refractivity contribution in [3.05, 3.63) is 0 Å². The maximum Gasteiger partial charge on any atom is 0.236 e. The van der Waals surface area contributed by atoms with E-state index in [0.29, 0.717) is 12.5 Å². The molecule has 0 unspecified atom stereocenters. The molecule has 0 aromatic rings. The lowest BCUT2D eigenvalue weighted by Crippen LogP contribution is -2.41. The zero-order chi connectivity index (χ0) is 12.5. The van der Waals surface area contributed by atoms with Crippen molar-refractivity contribution in [2.24, 2.45) is 0 Å². The van der Waals surface area contributed by atoms with E-state index in [1.54, 1.807) is 0 Å². The molecule has 17 heavy (non-hydrogen) atoms. The van der Waals surface area contributed by atoms with Crippen molar-refractivity contribution in [1.82, 2.24) is 9.80 Å². The highest BCUT2D eigenvalue weighted by Gasteiger charge is 2.17. The molecule has 3 nitrogen and oxygen atoms in total. The largest absolute Gasteiger partial charge is 0.342 e. The number of carbonyl (C=O) groups excluding carboxylic acids is 1. The van der Waals surface area contributed by atoms with Crippen molar-refractivity contribution >= 4 is 5.91 Å². The van der Waals surface area contributed by atoms with Crippen LogP contribution in [0.15, 0.2) is 0 Å². The Kier molecular flexibility index (Phi) is 7.25. The summed E-state index contributed by atoms with van der Waals surface area (Å²) in [4.78, 5) is 16.5. The number of likely N-dealkylation sites (tertiary alicyclic amines) is 1. The molecule has 0 bridgehead atoms. The van der Waals surface area contributed by atoms with E-state index >= 15 is 0 Å². The SMILES string of the molecule is CCCCN(CC)CC(=O)N1CCCCCC1. The Morgan fingerprint density at radius 2 is 1.76 bits per heavy atom. The molecule has 0 aliphatic carbocycles. The van der Waals surface area contributed by atoms with Crippen molar-refractivity contribution in [3.63, 3.8) is 0 Å². The molecule has 1 heterocycles. The van der Waals surface area contributed by atoms with E-state index in [1.165, 1.54) is 38.5 Å². The van der Waals surface area contributed by atoms with Gasteiger partial charge in [0.05, 0.1) is 6.54 Å². The first-order valence-corrected chi connectivity index (χ1v) is 7.28. The average Bonchev–Trinajstić information content (AvgIpc) is 2.63. The first kappa shape index (κ1) is 14.5. The van der Waals surface area contributed by atoms with Crippen LogP contribution < -0.4 is 0 Å². The van der Waals surface area contributed by atoms with E-state index in [-0.39, 0.29) is 0 Å². The molecule has 0 radical (unpaired) electrons. The summed E-state index contributed by atoms with van der Waals surface area (Å²) < 4.78 is 0. The van der Waals surface area contributed by atoms with Crippen molar-refractivity contribution < 1.29 is 4.79 Å². The molecule has 0 aromatic heterocycles. The highest BCUT2D eigenvalue weighted by molar-refractivity contribution is 5.78. The first-order chi connectivity index (χ1) is 8.27. The fraction of sp³-hybridized carbons (Fsp3) is 0.929. The summed E-state index contributed by atoms with van der Waals surface area (Å²) in [7, 11) is 0. The third kappa shape index (κ3) is 5.53. The minimum atomic E-state index is 0.338. The second-order valence-electron chi connectivity index (χ2n) is 5.02. The average molecular weight is 240 g/mol. The molecule has 0 saturated carbocycles. The standard InChI is InChI=1S/C14H28N2O/c1-3-5-10-15(4-2)13-14(17)16-11-8-6-7-9-12-16/h3-13H2,1-2H3. The zero-order valence-corrected chi connectivity index (χ0v) is 11.6. The molecule has 1 rings (SSSR count). The lowest BCUT2D eigenvalue weighted by atomic mass is 10.2. The molecule has 100 valence electrons. The second-order valence-corrected chi connectivity index (χ2v) is 5.02. The van der Waals surface area contributed by atoms with Crippen LogP contribution >= 0.6 is 0 Å². The Hall–Kier alpha value is -0.570. The molecule has 1 aliphatic rings. The monoisotopic (exact) mass is 240 g/mol. The van der Waals surface area contributed by atoms with Crippen LogP contribution in [-0.4, -0.2) is 48.4 Å². The highest BCUT2D eigenvalue weighted by Crippen LogP contribution is 2.10. The van der Waals surface area contributed by atoms with Gasteiger partial charge in [0.25, 0.3) is 0 Å². The van der Waals surface area contributed by atoms with Crippen molar-refractivity contribution in [3.8, 4) is 0 Å². The Labute approximate surface area is 106 Å². The van der Waals surface area contributed by atoms with Crippen LogP contribution in [0.5, 0.6) is 0 Å². The van der Waals surface area contributed by atoms with E-state index < -0.39 is 0 Å². The minimum Gasteiger partial charge on any atom is -0.342 e. The summed E-state index contributed by atoms with van der Waals surface area (Å²) in [6, 6.07) is 0. The summed E-state index contributed by atoms with van der Waals surface area (Å²) >= 11 is 0. The molecule has 1 aliphatic heterocycles. The fourth-order valence-electron chi connectivity index (χ4n) is 2.34. The molecule has 3 heteroatoms. The van der Waals surface area contributed by atoms with Crippen LogP contribution in [-0.2, 0) is 4.79 Å². The molecule has 0 spiro atoms. The summed E-state index contributed by atoms with van der Waals surface area (Å²) in [5.74, 6) is 0.338. The van der Waals surface area contributed by atoms with Crippen LogP contribution in [0.1, 0.15) is 52.4 Å². The number of rotatable bonds is 6. The number of nitrogens with zero attached hydrogens (tertiary/aromatic N) is 2. The summed E-state index contributed by atoms with van der Waals surface area (Å²) in [6.07, 6.45) is 7.35. The van der Waals surface area contributed by atoms with Gasteiger partial charge in [-0.05, 0) is 32.4 Å². The normalized spacial score (nSPS) is 17.2. The molecule has 0 N–H and O–H groups in total. The highest BCUT2D eigenvalue weighted by atomic mass is 16.2. The van der Waals surface area contributed by atoms with Crippen LogP contribution in [0.2, 0.25) is 0 Å². The number of hydrogen-bond acceptors (Lipinski definition) is 2. The maximum atomic E-state index is 12.2. The molecule has 1 saturated heterocycles. The predicted molar refractivity (Wildman–Crippen MR) is 72.1 cm³/mol. The summed E-state index contributed by atoms with van der Waals surface area (Å²) in [5.41, 5.74) is 0. The van der Waals surface area contributed by atoms with E-state index in [9.17, 15) is 4.79 Å². The molecule has 0 atom stereocenters. The molecular formula is C14H28N2O. The number of unbranched alkanes of at least 4 members (excludes halogenated alkanes) is 1. The lowest BCUT2D eigenvalue weighted by molar-refractivity contribution is -0.132. The van der Waals surface area contributed by atoms with Gasteiger partial charge < -0.3 is 4.90 Å².